The van der Waals surface area contributed by atoms with Gasteiger partial charge in [-0.15, -0.1) is 0 Å². The third-order valence-electron chi connectivity index (χ3n) is 11.1. The zero-order valence-corrected chi connectivity index (χ0v) is 31.0. The van der Waals surface area contributed by atoms with Crippen molar-refractivity contribution in [2.45, 2.75) is 13.8 Å². The largest absolute Gasteiger partial charge is 0.453 e. The van der Waals surface area contributed by atoms with Crippen LogP contribution in [0.4, 0.5) is 34.1 Å². The molecule has 2 aliphatic heterocycles. The zero-order chi connectivity index (χ0) is 37.3. The molecule has 9 aromatic rings. The smallest absolute Gasteiger partial charge is 0.151 e. The minimum atomic E-state index is 0.832. The lowest BCUT2D eigenvalue weighted by Crippen LogP contribution is -2.16. The maximum Gasteiger partial charge on any atom is 0.151 e. The molecule has 0 spiro atoms. The fourth-order valence-corrected chi connectivity index (χ4v) is 8.50. The molecule has 0 radical (unpaired) electrons. The van der Waals surface area contributed by atoms with Gasteiger partial charge in [-0.25, -0.2) is 0 Å². The monoisotopic (exact) mass is 720 g/mol. The molecular formula is C52H36N2O2. The summed E-state index contributed by atoms with van der Waals surface area (Å²) in [4.78, 5) is 4.66. The average molecular weight is 721 g/mol. The Bertz CT molecular complexity index is 2710. The number of fused-ring (bicyclic) bond motifs is 7. The Morgan fingerprint density at radius 2 is 0.643 bits per heavy atom. The Kier molecular flexibility index (Phi) is 7.26. The molecule has 2 heterocycles. The van der Waals surface area contributed by atoms with E-state index in [9.17, 15) is 0 Å². The molecule has 0 bridgehead atoms. The molecule has 9 aromatic carbocycles. The van der Waals surface area contributed by atoms with Crippen LogP contribution in [0.3, 0.4) is 0 Å². The number of rotatable bonds is 4. The second kappa shape index (κ2) is 12.6. The second-order valence-corrected chi connectivity index (χ2v) is 14.7. The van der Waals surface area contributed by atoms with Crippen molar-refractivity contribution in [2.75, 3.05) is 9.80 Å². The summed E-state index contributed by atoms with van der Waals surface area (Å²) in [6, 6.07) is 65.0. The maximum absolute atomic E-state index is 6.43. The lowest BCUT2D eigenvalue weighted by atomic mass is 9.84. The molecule has 266 valence electrons. The quantitative estimate of drug-likeness (QED) is 0.169. The SMILES string of the molecule is Cc1ccc(-c2c(-c3ccc(C)cc3)c3ccc(N4c5ccccc5Oc5ccccc54)cc3c3cc(N4c5ccccc5Oc5ccccc54)ccc23)cc1. The van der Waals surface area contributed by atoms with E-state index < -0.39 is 0 Å². The van der Waals surface area contributed by atoms with Crippen molar-refractivity contribution < 1.29 is 9.47 Å². The first-order chi connectivity index (χ1) is 27.6. The molecule has 0 aromatic heterocycles. The average Bonchev–Trinajstić information content (AvgIpc) is 3.24. The molecule has 4 heteroatoms. The highest BCUT2D eigenvalue weighted by atomic mass is 16.5. The van der Waals surface area contributed by atoms with Gasteiger partial charge < -0.3 is 19.3 Å². The Morgan fingerprint density at radius 1 is 0.321 bits per heavy atom. The molecule has 4 nitrogen and oxygen atoms in total. The first kappa shape index (κ1) is 32.2. The van der Waals surface area contributed by atoms with Crippen LogP contribution in [0.15, 0.2) is 182 Å². The van der Waals surface area contributed by atoms with Crippen molar-refractivity contribution >= 4 is 55.7 Å². The van der Waals surface area contributed by atoms with Crippen LogP contribution in [-0.4, -0.2) is 0 Å². The summed E-state index contributed by atoms with van der Waals surface area (Å²) in [5.74, 6) is 3.33. The molecule has 0 fully saturated rings. The van der Waals surface area contributed by atoms with Gasteiger partial charge in [0.05, 0.1) is 22.7 Å². The molecule has 0 saturated carbocycles. The highest BCUT2D eigenvalue weighted by Crippen LogP contribution is 2.54. The van der Waals surface area contributed by atoms with Gasteiger partial charge >= 0.3 is 0 Å². The van der Waals surface area contributed by atoms with Gasteiger partial charge in [-0.3, -0.25) is 0 Å². The lowest BCUT2D eigenvalue weighted by molar-refractivity contribution is 0.477. The van der Waals surface area contributed by atoms with E-state index >= 15 is 0 Å². The highest BCUT2D eigenvalue weighted by Gasteiger charge is 2.29. The minimum absolute atomic E-state index is 0.832. The molecule has 2 aliphatic rings. The standard InChI is InChI=1S/C52H36N2O2/c1-33-19-23-35(24-20-33)51-39-29-27-37(53-43-11-3-7-15-47(43)55-48-16-8-4-12-44(48)53)31-41(39)42-32-38(28-30-40(42)52(51)36-25-21-34(2)22-26-36)54-45-13-5-9-17-49(45)56-50-18-10-6-14-46(50)54/h3-32H,1-2H3. The third-order valence-corrected chi connectivity index (χ3v) is 11.1. The Balaban J connectivity index is 1.25. The fraction of sp³-hybridized carbons (Fsp3) is 0.0385. The van der Waals surface area contributed by atoms with Crippen molar-refractivity contribution in [3.05, 3.63) is 193 Å². The van der Waals surface area contributed by atoms with Crippen LogP contribution < -0.4 is 19.3 Å². The summed E-state index contributed by atoms with van der Waals surface area (Å²) in [5, 5.41) is 4.72. The summed E-state index contributed by atoms with van der Waals surface area (Å²) in [6.07, 6.45) is 0. The van der Waals surface area contributed by atoms with E-state index in [0.717, 1.165) is 57.1 Å². The molecule has 0 saturated heterocycles. The van der Waals surface area contributed by atoms with E-state index in [2.05, 4.69) is 157 Å². The highest BCUT2D eigenvalue weighted by molar-refractivity contribution is 6.23. The van der Waals surface area contributed by atoms with Crippen molar-refractivity contribution in [1.29, 1.82) is 0 Å². The number of ether oxygens (including phenoxy) is 2. The van der Waals surface area contributed by atoms with Gasteiger partial charge in [0.2, 0.25) is 0 Å². The van der Waals surface area contributed by atoms with Crippen LogP contribution in [0.2, 0.25) is 0 Å². The Labute approximate surface area is 326 Å². The van der Waals surface area contributed by atoms with Gasteiger partial charge in [-0.1, -0.05) is 120 Å². The number of para-hydroxylation sites is 8. The van der Waals surface area contributed by atoms with E-state index in [1.54, 1.807) is 0 Å². The summed E-state index contributed by atoms with van der Waals surface area (Å²) >= 11 is 0. The van der Waals surface area contributed by atoms with Crippen LogP contribution >= 0.6 is 0 Å². The van der Waals surface area contributed by atoms with Gasteiger partial charge in [0.1, 0.15) is 0 Å². The van der Waals surface area contributed by atoms with Gasteiger partial charge in [-0.2, -0.15) is 0 Å². The maximum atomic E-state index is 6.43. The molecule has 0 N–H and O–H groups in total. The van der Waals surface area contributed by atoms with Crippen LogP contribution in [0.1, 0.15) is 11.1 Å². The first-order valence-electron chi connectivity index (χ1n) is 19.1. The number of hydrogen-bond acceptors (Lipinski definition) is 4. The van der Waals surface area contributed by atoms with Crippen molar-refractivity contribution in [3.63, 3.8) is 0 Å². The van der Waals surface area contributed by atoms with Gasteiger partial charge in [0.25, 0.3) is 0 Å². The van der Waals surface area contributed by atoms with E-state index in [4.69, 9.17) is 9.47 Å². The zero-order valence-electron chi connectivity index (χ0n) is 31.0. The molecular weight excluding hydrogens is 685 g/mol. The minimum Gasteiger partial charge on any atom is -0.453 e. The molecule has 0 aliphatic carbocycles. The van der Waals surface area contributed by atoms with Crippen LogP contribution in [-0.2, 0) is 0 Å². The Hall–Kier alpha value is -7.30. The number of nitrogens with zero attached hydrogens (tertiary/aromatic N) is 2. The predicted octanol–water partition coefficient (Wildman–Crippen LogP) is 15.1. The van der Waals surface area contributed by atoms with Crippen LogP contribution in [0, 0.1) is 13.8 Å². The third kappa shape index (κ3) is 5.07. The number of aryl methyl sites for hydroxylation is 2. The number of benzene rings is 9. The lowest BCUT2D eigenvalue weighted by Gasteiger charge is -2.33. The van der Waals surface area contributed by atoms with E-state index in [0.29, 0.717) is 0 Å². The summed E-state index contributed by atoms with van der Waals surface area (Å²) in [5.41, 5.74) is 13.4. The van der Waals surface area contributed by atoms with Crippen molar-refractivity contribution in [2.24, 2.45) is 0 Å². The number of hydrogen-bond donors (Lipinski definition) is 0. The van der Waals surface area contributed by atoms with Crippen molar-refractivity contribution in [1.82, 2.24) is 0 Å². The van der Waals surface area contributed by atoms with E-state index in [1.165, 1.54) is 54.9 Å². The van der Waals surface area contributed by atoms with Gasteiger partial charge in [0.15, 0.2) is 23.0 Å². The summed E-state index contributed by atoms with van der Waals surface area (Å²) < 4.78 is 12.9. The van der Waals surface area contributed by atoms with E-state index in [1.807, 2.05) is 48.5 Å². The molecule has 0 amide bonds. The summed E-state index contributed by atoms with van der Waals surface area (Å²) in [7, 11) is 0. The molecule has 56 heavy (non-hydrogen) atoms. The van der Waals surface area contributed by atoms with Gasteiger partial charge in [0, 0.05) is 11.4 Å². The first-order valence-corrected chi connectivity index (χ1v) is 19.1. The van der Waals surface area contributed by atoms with Gasteiger partial charge in [-0.05, 0) is 130 Å². The molecule has 0 unspecified atom stereocenters. The van der Waals surface area contributed by atoms with Crippen LogP contribution in [0.5, 0.6) is 23.0 Å². The normalized spacial score (nSPS) is 12.7. The predicted molar refractivity (Wildman–Crippen MR) is 231 cm³/mol. The molecule has 0 atom stereocenters. The topological polar surface area (TPSA) is 24.9 Å². The summed E-state index contributed by atoms with van der Waals surface area (Å²) in [6.45, 7) is 4.30. The number of anilines is 6. The van der Waals surface area contributed by atoms with Crippen LogP contribution in [0.25, 0.3) is 43.8 Å². The Morgan fingerprint density at radius 3 is 0.982 bits per heavy atom. The second-order valence-electron chi connectivity index (χ2n) is 14.7. The molecule has 11 rings (SSSR count). The van der Waals surface area contributed by atoms with E-state index in [-0.39, 0.29) is 0 Å². The van der Waals surface area contributed by atoms with Crippen molar-refractivity contribution in [3.8, 4) is 45.3 Å². The fourth-order valence-electron chi connectivity index (χ4n) is 8.50.